The molecule has 0 aromatic heterocycles. The first-order chi connectivity index (χ1) is 61.1. The first-order valence-corrected chi connectivity index (χ1v) is 46.4. The highest BCUT2D eigenvalue weighted by Crippen LogP contribution is 2.38. The molecule has 686 valence electrons. The standard InChI is InChI=1S/C27H34F3N3O.C25H31ClF3N3O.C24H31Cl2N3O.C23H30N4O3/c28-27(29,30)23-12-7-13-24(18-23)31-26(34)33(20-22-10-5-2-6-11-22)25-14-16-32(17-15-25)19-21-8-3-1-4-9-21;1-3-7-18(2)31-14-12-21(13-15-31)32(17-19-8-5-4-6-9-19)24(33)30-23-16-20(25(27,28)29)10-11-22(23)26;1-3-8-18(2)28-15-13-20(14-16-28)29(17-19-9-5-4-6-10-19)24(30)27-22-12-7-11-21(25)23(22)26;1-2-3-14-25-15-12-21(13-16-25)26(18-19-8-5-4-6-9-19)23(28)24-20-10-7-11-22(17-20)27(29)30/h2,5-7,10-13,18,21,25H,1,3-4,8-9,14-17,19-20H2,(H,31,34);4-6,8-11,16,18,21H,3,7,12-15,17H2,1-2H3,(H,30,33);4-7,9-12,18,20H,3,8,13-17H2,1-2H3,(H,27,30);4-11,17,21H,2-3,12-16,18H2,1H3,(H,24,28). The van der Waals surface area contributed by atoms with Crippen LogP contribution < -0.4 is 21.3 Å². The third-order valence-corrected chi connectivity index (χ3v) is 26.1. The number of non-ortho nitro benzene ring substituents is 1. The molecule has 1 aliphatic carbocycles. The number of nitro groups is 1. The van der Waals surface area contributed by atoms with Crippen LogP contribution in [0.5, 0.6) is 0 Å². The number of carbonyl (C=O) groups is 4. The lowest BCUT2D eigenvalue weighted by Gasteiger charge is -2.40. The summed E-state index contributed by atoms with van der Waals surface area (Å²) in [5.74, 6) is 0.787. The van der Waals surface area contributed by atoms with Crippen LogP contribution in [0.15, 0.2) is 206 Å². The quantitative estimate of drug-likeness (QED) is 0.0209. The maximum absolute atomic E-state index is 13.3. The molecule has 5 aliphatic rings. The lowest BCUT2D eigenvalue weighted by Crippen LogP contribution is -2.50. The molecule has 8 amide bonds. The summed E-state index contributed by atoms with van der Waals surface area (Å²) in [6.45, 7) is 23.0. The third kappa shape index (κ3) is 31.7. The molecule has 2 unspecified atom stereocenters. The molecule has 19 nitrogen and oxygen atoms in total. The number of halogens is 9. The summed E-state index contributed by atoms with van der Waals surface area (Å²) in [6.07, 6.45) is 11.9. The van der Waals surface area contributed by atoms with Crippen LogP contribution in [0.2, 0.25) is 15.1 Å². The number of urea groups is 4. The van der Waals surface area contributed by atoms with Gasteiger partial charge in [-0.25, -0.2) is 19.2 Å². The minimum Gasteiger partial charge on any atom is -0.317 e. The van der Waals surface area contributed by atoms with E-state index in [9.17, 15) is 55.6 Å². The van der Waals surface area contributed by atoms with E-state index in [1.165, 1.54) is 82.1 Å². The molecule has 2 atom stereocenters. The number of unbranched alkanes of at least 4 members (excludes halogenated alkanes) is 1. The average molecular weight is 1810 g/mol. The monoisotopic (exact) mass is 1810 g/mol. The molecule has 4 heterocycles. The summed E-state index contributed by atoms with van der Waals surface area (Å²) >= 11 is 18.5. The van der Waals surface area contributed by atoms with E-state index in [0.29, 0.717) is 59.7 Å². The Labute approximate surface area is 761 Å². The summed E-state index contributed by atoms with van der Waals surface area (Å²) in [4.78, 5) is 81.0. The summed E-state index contributed by atoms with van der Waals surface area (Å²) in [7, 11) is 0. The number of piperidine rings is 4. The Hall–Kier alpha value is -9.47. The Bertz CT molecular complexity index is 4670. The number of amides is 8. The zero-order valence-electron chi connectivity index (χ0n) is 73.9. The number of alkyl halides is 6. The highest BCUT2D eigenvalue weighted by molar-refractivity contribution is 6.44. The molecule has 0 radical (unpaired) electrons. The first-order valence-electron chi connectivity index (χ1n) is 45.2. The van der Waals surface area contributed by atoms with E-state index in [4.69, 9.17) is 34.8 Å². The number of carbonyl (C=O) groups excluding carboxylic acids is 4. The molecule has 127 heavy (non-hydrogen) atoms. The molecule has 28 heteroatoms. The van der Waals surface area contributed by atoms with Crippen molar-refractivity contribution in [2.45, 2.75) is 231 Å². The third-order valence-electron chi connectivity index (χ3n) is 24.9. The van der Waals surface area contributed by atoms with Gasteiger partial charge in [-0.2, -0.15) is 26.3 Å². The minimum atomic E-state index is -4.52. The Morgan fingerprint density at radius 1 is 0.417 bits per heavy atom. The zero-order valence-corrected chi connectivity index (χ0v) is 76.1. The van der Waals surface area contributed by atoms with Crippen molar-refractivity contribution in [1.29, 1.82) is 0 Å². The zero-order chi connectivity index (χ0) is 90.8. The van der Waals surface area contributed by atoms with Gasteiger partial charge in [-0.3, -0.25) is 10.1 Å². The predicted octanol–water partition coefficient (Wildman–Crippen LogP) is 25.4. The van der Waals surface area contributed by atoms with Crippen molar-refractivity contribution in [3.05, 3.63) is 265 Å². The number of nitro benzene ring substituents is 1. The van der Waals surface area contributed by atoms with E-state index < -0.39 is 34.4 Å². The summed E-state index contributed by atoms with van der Waals surface area (Å²) in [5, 5.41) is 23.1. The van der Waals surface area contributed by atoms with Crippen LogP contribution in [0, 0.1) is 16.0 Å². The fourth-order valence-corrected chi connectivity index (χ4v) is 18.2. The molecule has 4 saturated heterocycles. The predicted molar refractivity (Wildman–Crippen MR) is 500 cm³/mol. The average Bonchev–Trinajstić information content (AvgIpc) is 0.828. The van der Waals surface area contributed by atoms with E-state index in [-0.39, 0.29) is 64.3 Å². The van der Waals surface area contributed by atoms with E-state index >= 15 is 0 Å². The summed E-state index contributed by atoms with van der Waals surface area (Å²) in [5.41, 5.74) is 3.60. The van der Waals surface area contributed by atoms with Gasteiger partial charge in [0, 0.05) is 145 Å². The minimum absolute atomic E-state index is 0.0140. The second-order valence-corrected chi connectivity index (χ2v) is 35.3. The maximum atomic E-state index is 13.3. The molecular formula is C99H126Cl3F6N13O6. The summed E-state index contributed by atoms with van der Waals surface area (Å²) < 4.78 is 78.8. The molecule has 0 bridgehead atoms. The second kappa shape index (κ2) is 50.5. The van der Waals surface area contributed by atoms with Gasteiger partial charge >= 0.3 is 36.5 Å². The van der Waals surface area contributed by atoms with Crippen molar-refractivity contribution >= 4 is 87.4 Å². The number of nitrogens with one attached hydrogen (secondary N) is 4. The topological polar surface area (TPSA) is 185 Å². The van der Waals surface area contributed by atoms with Gasteiger partial charge in [-0.15, -0.1) is 0 Å². The van der Waals surface area contributed by atoms with Crippen molar-refractivity contribution in [3.63, 3.8) is 0 Å². The van der Waals surface area contributed by atoms with Crippen LogP contribution >= 0.6 is 34.8 Å². The number of anilines is 4. The molecule has 1 saturated carbocycles. The van der Waals surface area contributed by atoms with Gasteiger partial charge in [0.2, 0.25) is 0 Å². The van der Waals surface area contributed by atoms with Gasteiger partial charge in [0.05, 0.1) is 42.5 Å². The molecule has 5 fully saturated rings. The van der Waals surface area contributed by atoms with Crippen molar-refractivity contribution in [3.8, 4) is 0 Å². The van der Waals surface area contributed by atoms with Crippen LogP contribution in [0.1, 0.15) is 190 Å². The van der Waals surface area contributed by atoms with Gasteiger partial charge in [0.15, 0.2) is 0 Å². The lowest BCUT2D eigenvalue weighted by atomic mass is 9.88. The highest BCUT2D eigenvalue weighted by atomic mass is 35.5. The molecule has 4 aliphatic heterocycles. The number of likely N-dealkylation sites (tertiary alicyclic amines) is 4. The smallest absolute Gasteiger partial charge is 0.317 e. The molecule has 13 rings (SSSR count). The number of hydrogen-bond donors (Lipinski definition) is 4. The highest BCUT2D eigenvalue weighted by Gasteiger charge is 2.37. The molecule has 0 spiro atoms. The Morgan fingerprint density at radius 2 is 0.795 bits per heavy atom. The number of nitrogens with zero attached hydrogens (tertiary/aromatic N) is 9. The largest absolute Gasteiger partial charge is 0.416 e. The van der Waals surface area contributed by atoms with E-state index in [2.05, 4.69) is 87.6 Å². The van der Waals surface area contributed by atoms with Gasteiger partial charge in [-0.1, -0.05) is 234 Å². The second-order valence-electron chi connectivity index (χ2n) is 34.1. The fourth-order valence-electron chi connectivity index (χ4n) is 17.7. The first kappa shape index (κ1) is 99.7. The molecule has 8 aromatic rings. The van der Waals surface area contributed by atoms with Crippen LogP contribution in [0.3, 0.4) is 0 Å². The normalized spacial score (nSPS) is 16.6. The van der Waals surface area contributed by atoms with Crippen LogP contribution in [-0.4, -0.2) is 170 Å². The van der Waals surface area contributed by atoms with Gasteiger partial charge in [-0.05, 0) is 187 Å². The Morgan fingerprint density at radius 3 is 1.20 bits per heavy atom. The Balaban J connectivity index is 0.000000177. The van der Waals surface area contributed by atoms with Crippen molar-refractivity contribution in [1.82, 2.24) is 39.2 Å². The van der Waals surface area contributed by atoms with E-state index in [0.717, 1.165) is 188 Å². The number of hydrogen-bond acceptors (Lipinski definition) is 10. The van der Waals surface area contributed by atoms with Crippen molar-refractivity contribution < 1.29 is 50.4 Å². The fraction of sp³-hybridized carbons (Fsp3) is 0.475. The Kier molecular flexibility index (Phi) is 39.6. The van der Waals surface area contributed by atoms with Crippen LogP contribution in [-0.2, 0) is 38.5 Å². The van der Waals surface area contributed by atoms with Gasteiger partial charge < -0.3 is 60.5 Å². The van der Waals surface area contributed by atoms with Crippen LogP contribution in [0.4, 0.5) is 74.0 Å². The van der Waals surface area contributed by atoms with E-state index in [1.54, 1.807) is 40.1 Å². The molecule has 8 aromatic carbocycles. The lowest BCUT2D eigenvalue weighted by molar-refractivity contribution is -0.384. The molecule has 4 N–H and O–H groups in total. The number of benzene rings is 8. The molecular weight excluding hydrogens is 1690 g/mol. The van der Waals surface area contributed by atoms with Crippen molar-refractivity contribution in [2.24, 2.45) is 5.92 Å². The van der Waals surface area contributed by atoms with Gasteiger partial charge in [0.1, 0.15) is 0 Å². The van der Waals surface area contributed by atoms with E-state index in [1.807, 2.05) is 119 Å². The van der Waals surface area contributed by atoms with Gasteiger partial charge in [0.25, 0.3) is 5.69 Å². The van der Waals surface area contributed by atoms with Crippen molar-refractivity contribution in [2.75, 3.05) is 86.7 Å². The summed E-state index contributed by atoms with van der Waals surface area (Å²) in [6, 6.07) is 58.9. The number of rotatable bonds is 28. The maximum Gasteiger partial charge on any atom is 0.416 e. The SMILES string of the molecule is CCCC(C)N1CCC(N(Cc2ccccc2)C(=O)Nc2cc(C(F)(F)F)ccc2Cl)CC1.CCCC(C)N1CCC(N(Cc2ccccc2)C(=O)Nc2cccc(Cl)c2Cl)CC1.CCCCN1CCC(N(Cc2ccccc2)C(=O)Nc2cccc([N+](=O)[O-])c2)CC1.O=C(Nc1cccc(C(F)(F)F)c1)N(Cc1ccccc1)C1CCN(CC2CCCCC2)CC1. The van der Waals surface area contributed by atoms with Crippen LogP contribution in [0.25, 0.3) is 0 Å².